The smallest absolute Gasteiger partial charge is 0.272 e. The molecule has 1 aliphatic heterocycles. The topological polar surface area (TPSA) is 63.1 Å². The van der Waals surface area contributed by atoms with Crippen LogP contribution in [0.4, 0.5) is 5.13 Å². The Morgan fingerprint density at radius 3 is 3.04 bits per heavy atom. The zero-order valence-corrected chi connectivity index (χ0v) is 15.9. The second-order valence-corrected chi connectivity index (χ2v) is 7.79. The van der Waals surface area contributed by atoms with Gasteiger partial charge in [0.05, 0.1) is 10.2 Å². The molecule has 136 valence electrons. The molecule has 1 unspecified atom stereocenters. The number of piperidine rings is 1. The number of fused-ring (bicyclic) bond motifs is 1. The predicted molar refractivity (Wildman–Crippen MR) is 105 cm³/mol. The number of carbonyl (C=O) groups is 1. The number of anilines is 1. The van der Waals surface area contributed by atoms with Crippen molar-refractivity contribution < 1.29 is 4.79 Å². The second-order valence-electron chi connectivity index (χ2n) is 6.79. The molecule has 1 amide bonds. The number of rotatable bonds is 4. The van der Waals surface area contributed by atoms with Gasteiger partial charge in [-0.15, -0.1) is 0 Å². The number of hydrogen-bond acceptors (Lipinski definition) is 5. The summed E-state index contributed by atoms with van der Waals surface area (Å²) in [6.45, 7) is 3.94. The molecule has 1 aliphatic rings. The van der Waals surface area contributed by atoms with Gasteiger partial charge < -0.3 is 10.2 Å². The van der Waals surface area contributed by atoms with Gasteiger partial charge in [0.1, 0.15) is 5.69 Å². The minimum atomic E-state index is -0.102. The van der Waals surface area contributed by atoms with E-state index in [-0.39, 0.29) is 11.9 Å². The number of thiazole rings is 1. The normalized spacial score (nSPS) is 17.6. The molecule has 0 bridgehead atoms. The summed E-state index contributed by atoms with van der Waals surface area (Å²) in [7, 11) is 1.82. The van der Waals surface area contributed by atoms with E-state index in [1.54, 1.807) is 28.3 Å². The molecule has 1 atom stereocenters. The molecule has 2 aromatic heterocycles. The van der Waals surface area contributed by atoms with Crippen molar-refractivity contribution in [2.24, 2.45) is 7.05 Å². The summed E-state index contributed by atoms with van der Waals surface area (Å²) in [5, 5.41) is 8.35. The highest BCUT2D eigenvalue weighted by Gasteiger charge is 2.24. The van der Waals surface area contributed by atoms with Crippen LogP contribution in [0.1, 0.15) is 35.8 Å². The zero-order chi connectivity index (χ0) is 18.1. The average molecular weight is 369 g/mol. The van der Waals surface area contributed by atoms with Crippen molar-refractivity contribution in [3.05, 3.63) is 41.7 Å². The molecule has 0 saturated carbocycles. The lowest BCUT2D eigenvalue weighted by Crippen LogP contribution is -2.47. The van der Waals surface area contributed by atoms with Gasteiger partial charge in [-0.2, -0.15) is 5.10 Å². The minimum absolute atomic E-state index is 0.102. The Labute approximate surface area is 156 Å². The Hall–Kier alpha value is -2.41. The van der Waals surface area contributed by atoms with E-state index in [0.717, 1.165) is 43.0 Å². The standard InChI is InChI=1S/C19H23N5OS/c1-3-13-6-7-15-17(11-13)26-19(21-15)24-9-4-5-14(12-24)20-18(25)16-8-10-23(2)22-16/h6-8,10-11,14H,3-5,9,12H2,1-2H3,(H,20,25). The van der Waals surface area contributed by atoms with Crippen LogP contribution in [0.15, 0.2) is 30.5 Å². The number of aromatic nitrogens is 3. The lowest BCUT2D eigenvalue weighted by molar-refractivity contribution is 0.0927. The molecule has 4 rings (SSSR count). The number of nitrogens with one attached hydrogen (secondary N) is 1. The number of benzene rings is 1. The Kier molecular flexibility index (Phi) is 4.63. The summed E-state index contributed by atoms with van der Waals surface area (Å²) < 4.78 is 2.88. The fraction of sp³-hybridized carbons (Fsp3) is 0.421. The third-order valence-corrected chi connectivity index (χ3v) is 5.90. The molecule has 1 aromatic carbocycles. The van der Waals surface area contributed by atoms with Gasteiger partial charge in [-0.3, -0.25) is 9.48 Å². The third-order valence-electron chi connectivity index (χ3n) is 4.82. The van der Waals surface area contributed by atoms with Gasteiger partial charge >= 0.3 is 0 Å². The summed E-state index contributed by atoms with van der Waals surface area (Å²) in [5.74, 6) is -0.102. The van der Waals surface area contributed by atoms with Crippen molar-refractivity contribution in [3.63, 3.8) is 0 Å². The molecule has 0 radical (unpaired) electrons. The van der Waals surface area contributed by atoms with Crippen LogP contribution in [0.3, 0.4) is 0 Å². The summed E-state index contributed by atoms with van der Waals surface area (Å²) in [4.78, 5) is 19.5. The van der Waals surface area contributed by atoms with E-state index in [4.69, 9.17) is 4.98 Å². The monoisotopic (exact) mass is 369 g/mol. The molecular weight excluding hydrogens is 346 g/mol. The molecule has 0 aliphatic carbocycles. The third kappa shape index (κ3) is 3.44. The predicted octanol–water partition coefficient (Wildman–Crippen LogP) is 2.99. The van der Waals surface area contributed by atoms with Gasteiger partial charge in [0.2, 0.25) is 0 Å². The molecule has 26 heavy (non-hydrogen) atoms. The Morgan fingerprint density at radius 1 is 1.38 bits per heavy atom. The summed E-state index contributed by atoms with van der Waals surface area (Å²) in [6, 6.07) is 8.36. The van der Waals surface area contributed by atoms with Crippen molar-refractivity contribution in [3.8, 4) is 0 Å². The second kappa shape index (κ2) is 7.07. The average Bonchev–Trinajstić information content (AvgIpc) is 3.27. The van der Waals surface area contributed by atoms with Gasteiger partial charge in [0, 0.05) is 32.4 Å². The van der Waals surface area contributed by atoms with Crippen molar-refractivity contribution >= 4 is 32.6 Å². The lowest BCUT2D eigenvalue weighted by atomic mass is 10.1. The van der Waals surface area contributed by atoms with E-state index in [0.29, 0.717) is 5.69 Å². The van der Waals surface area contributed by atoms with E-state index < -0.39 is 0 Å². The summed E-state index contributed by atoms with van der Waals surface area (Å²) in [5.41, 5.74) is 2.87. The molecule has 3 aromatic rings. The maximum atomic E-state index is 12.4. The van der Waals surface area contributed by atoms with Crippen LogP contribution in [0.5, 0.6) is 0 Å². The van der Waals surface area contributed by atoms with E-state index in [1.807, 2.05) is 7.05 Å². The van der Waals surface area contributed by atoms with Crippen molar-refractivity contribution in [1.29, 1.82) is 0 Å². The van der Waals surface area contributed by atoms with Gasteiger partial charge in [-0.05, 0) is 43.0 Å². The first-order valence-corrected chi connectivity index (χ1v) is 9.89. The number of carbonyl (C=O) groups excluding carboxylic acids is 1. The van der Waals surface area contributed by atoms with Crippen molar-refractivity contribution in [1.82, 2.24) is 20.1 Å². The molecule has 1 saturated heterocycles. The van der Waals surface area contributed by atoms with Gasteiger partial charge in [0.25, 0.3) is 5.91 Å². The minimum Gasteiger partial charge on any atom is -0.346 e. The fourth-order valence-corrected chi connectivity index (χ4v) is 4.44. The van der Waals surface area contributed by atoms with Gasteiger partial charge in [-0.25, -0.2) is 4.98 Å². The maximum Gasteiger partial charge on any atom is 0.272 e. The van der Waals surface area contributed by atoms with E-state index in [1.165, 1.54) is 10.3 Å². The fourth-order valence-electron chi connectivity index (χ4n) is 3.38. The highest BCUT2D eigenvalue weighted by molar-refractivity contribution is 7.22. The number of amides is 1. The van der Waals surface area contributed by atoms with Crippen LogP contribution in [0.2, 0.25) is 0 Å². The van der Waals surface area contributed by atoms with Crippen LogP contribution >= 0.6 is 11.3 Å². The molecule has 1 fully saturated rings. The first-order valence-electron chi connectivity index (χ1n) is 9.07. The van der Waals surface area contributed by atoms with E-state index in [2.05, 4.69) is 40.4 Å². The molecule has 3 heterocycles. The SMILES string of the molecule is CCc1ccc2nc(N3CCCC(NC(=O)c4ccn(C)n4)C3)sc2c1. The van der Waals surface area contributed by atoms with Crippen LogP contribution < -0.4 is 10.2 Å². The Bertz CT molecular complexity index is 931. The molecule has 1 N–H and O–H groups in total. The number of hydrogen-bond donors (Lipinski definition) is 1. The first kappa shape index (κ1) is 17.0. The van der Waals surface area contributed by atoms with Crippen molar-refractivity contribution in [2.75, 3.05) is 18.0 Å². The van der Waals surface area contributed by atoms with Crippen LogP contribution in [0, 0.1) is 0 Å². The zero-order valence-electron chi connectivity index (χ0n) is 15.1. The lowest BCUT2D eigenvalue weighted by Gasteiger charge is -2.32. The Morgan fingerprint density at radius 2 is 2.27 bits per heavy atom. The highest BCUT2D eigenvalue weighted by Crippen LogP contribution is 2.31. The first-order chi connectivity index (χ1) is 12.6. The van der Waals surface area contributed by atoms with E-state index >= 15 is 0 Å². The van der Waals surface area contributed by atoms with Crippen LogP contribution in [-0.2, 0) is 13.5 Å². The largest absolute Gasteiger partial charge is 0.346 e. The van der Waals surface area contributed by atoms with Gasteiger partial charge in [-0.1, -0.05) is 24.3 Å². The van der Waals surface area contributed by atoms with Gasteiger partial charge in [0.15, 0.2) is 5.13 Å². The maximum absolute atomic E-state index is 12.4. The Balaban J connectivity index is 1.47. The highest BCUT2D eigenvalue weighted by atomic mass is 32.1. The van der Waals surface area contributed by atoms with Crippen molar-refractivity contribution in [2.45, 2.75) is 32.2 Å². The summed E-state index contributed by atoms with van der Waals surface area (Å²) >= 11 is 1.74. The molecule has 7 heteroatoms. The molecule has 6 nitrogen and oxygen atoms in total. The van der Waals surface area contributed by atoms with Crippen LogP contribution in [0.25, 0.3) is 10.2 Å². The quantitative estimate of drug-likeness (QED) is 0.768. The molecule has 0 spiro atoms. The molecular formula is C19H23N5OS. The van der Waals surface area contributed by atoms with E-state index in [9.17, 15) is 4.79 Å². The summed E-state index contributed by atoms with van der Waals surface area (Å²) in [6.07, 6.45) is 4.85. The van der Waals surface area contributed by atoms with Crippen LogP contribution in [-0.4, -0.2) is 39.8 Å². The number of aryl methyl sites for hydroxylation is 2. The number of nitrogens with zero attached hydrogens (tertiary/aromatic N) is 4.